The van der Waals surface area contributed by atoms with Crippen LogP contribution in [0.5, 0.6) is 5.75 Å². The number of ether oxygens (including phenoxy) is 1. The normalized spacial score (nSPS) is 15.0. The second-order valence-electron chi connectivity index (χ2n) is 5.88. The molecular weight excluding hydrogens is 377 g/mol. The van der Waals surface area contributed by atoms with E-state index in [9.17, 15) is 0 Å². The molecule has 2 heterocycles. The van der Waals surface area contributed by atoms with Gasteiger partial charge >= 0.3 is 0 Å². The Hall–Kier alpha value is -1.69. The molecule has 25 heavy (non-hydrogen) atoms. The van der Waals surface area contributed by atoms with Gasteiger partial charge in [-0.15, -0.1) is 0 Å². The van der Waals surface area contributed by atoms with Gasteiger partial charge in [-0.1, -0.05) is 40.6 Å². The summed E-state index contributed by atoms with van der Waals surface area (Å²) in [5, 5.41) is 2.28. The van der Waals surface area contributed by atoms with E-state index >= 15 is 0 Å². The summed E-state index contributed by atoms with van der Waals surface area (Å²) in [6, 6.07) is 11.8. The Labute approximate surface area is 160 Å². The summed E-state index contributed by atoms with van der Waals surface area (Å²) in [4.78, 5) is 9.37. The lowest BCUT2D eigenvalue weighted by Gasteiger charge is -2.36. The van der Waals surface area contributed by atoms with E-state index in [2.05, 4.69) is 9.80 Å². The SMILES string of the molecule is COc1ccc2nc(N3CCN(c4cccc(Cl)c4Cl)CC3)sc2c1. The fourth-order valence-corrected chi connectivity index (χ4v) is 4.49. The molecule has 0 amide bonds. The fraction of sp³-hybridized carbons (Fsp3) is 0.278. The summed E-state index contributed by atoms with van der Waals surface area (Å²) in [7, 11) is 1.68. The van der Waals surface area contributed by atoms with Gasteiger partial charge in [0.1, 0.15) is 5.75 Å². The molecule has 4 rings (SSSR count). The second kappa shape index (κ2) is 6.90. The topological polar surface area (TPSA) is 28.6 Å². The lowest BCUT2D eigenvalue weighted by Crippen LogP contribution is -2.46. The summed E-state index contributed by atoms with van der Waals surface area (Å²) in [6.07, 6.45) is 0. The predicted octanol–water partition coefficient (Wildman–Crippen LogP) is 4.94. The van der Waals surface area contributed by atoms with E-state index in [0.29, 0.717) is 10.0 Å². The highest BCUT2D eigenvalue weighted by atomic mass is 35.5. The molecule has 0 bridgehead atoms. The number of nitrogens with zero attached hydrogens (tertiary/aromatic N) is 3. The Balaban J connectivity index is 1.51. The van der Waals surface area contributed by atoms with Gasteiger partial charge < -0.3 is 14.5 Å². The van der Waals surface area contributed by atoms with Gasteiger partial charge in [0.25, 0.3) is 0 Å². The number of hydrogen-bond acceptors (Lipinski definition) is 5. The summed E-state index contributed by atoms with van der Waals surface area (Å²) < 4.78 is 6.44. The molecule has 1 aliphatic rings. The second-order valence-corrected chi connectivity index (χ2v) is 7.67. The molecule has 1 saturated heterocycles. The molecule has 0 aliphatic carbocycles. The van der Waals surface area contributed by atoms with Crippen molar-refractivity contribution in [2.75, 3.05) is 43.1 Å². The van der Waals surface area contributed by atoms with E-state index in [1.165, 1.54) is 0 Å². The van der Waals surface area contributed by atoms with Crippen LogP contribution in [0.3, 0.4) is 0 Å². The molecule has 1 aliphatic heterocycles. The van der Waals surface area contributed by atoms with Crippen LogP contribution in [0.25, 0.3) is 10.2 Å². The highest BCUT2D eigenvalue weighted by Gasteiger charge is 2.22. The van der Waals surface area contributed by atoms with E-state index < -0.39 is 0 Å². The molecule has 0 N–H and O–H groups in total. The maximum Gasteiger partial charge on any atom is 0.186 e. The zero-order chi connectivity index (χ0) is 17.4. The van der Waals surface area contributed by atoms with Gasteiger partial charge in [-0.25, -0.2) is 4.98 Å². The quantitative estimate of drug-likeness (QED) is 0.629. The summed E-state index contributed by atoms with van der Waals surface area (Å²) >= 11 is 14.2. The van der Waals surface area contributed by atoms with Crippen molar-refractivity contribution in [1.29, 1.82) is 0 Å². The third-order valence-corrected chi connectivity index (χ3v) is 6.29. The zero-order valence-corrected chi connectivity index (χ0v) is 16.0. The number of fused-ring (bicyclic) bond motifs is 1. The number of rotatable bonds is 3. The van der Waals surface area contributed by atoms with Gasteiger partial charge in [0.15, 0.2) is 5.13 Å². The van der Waals surface area contributed by atoms with Crippen molar-refractivity contribution in [3.8, 4) is 5.75 Å². The Morgan fingerprint density at radius 1 is 1.04 bits per heavy atom. The van der Waals surface area contributed by atoms with Crippen LogP contribution in [0.4, 0.5) is 10.8 Å². The van der Waals surface area contributed by atoms with Gasteiger partial charge in [-0.2, -0.15) is 0 Å². The van der Waals surface area contributed by atoms with Gasteiger partial charge in [-0.3, -0.25) is 0 Å². The Morgan fingerprint density at radius 3 is 2.56 bits per heavy atom. The Kier molecular flexibility index (Phi) is 4.63. The van der Waals surface area contributed by atoms with Gasteiger partial charge in [-0.05, 0) is 30.3 Å². The Bertz CT molecular complexity index is 906. The third kappa shape index (κ3) is 3.24. The van der Waals surface area contributed by atoms with Gasteiger partial charge in [0.2, 0.25) is 0 Å². The molecule has 4 nitrogen and oxygen atoms in total. The van der Waals surface area contributed by atoms with E-state index in [0.717, 1.165) is 53.0 Å². The monoisotopic (exact) mass is 393 g/mol. The minimum Gasteiger partial charge on any atom is -0.497 e. The van der Waals surface area contributed by atoms with Crippen LogP contribution >= 0.6 is 34.5 Å². The largest absolute Gasteiger partial charge is 0.497 e. The molecule has 0 spiro atoms. The lowest BCUT2D eigenvalue weighted by atomic mass is 10.2. The van der Waals surface area contributed by atoms with Crippen LogP contribution in [0.2, 0.25) is 10.0 Å². The molecular formula is C18H17Cl2N3OS. The highest BCUT2D eigenvalue weighted by molar-refractivity contribution is 7.22. The van der Waals surface area contributed by atoms with Gasteiger partial charge in [0, 0.05) is 26.2 Å². The zero-order valence-electron chi connectivity index (χ0n) is 13.7. The number of hydrogen-bond donors (Lipinski definition) is 0. The molecule has 1 aromatic heterocycles. The average molecular weight is 394 g/mol. The molecule has 1 fully saturated rings. The summed E-state index contributed by atoms with van der Waals surface area (Å²) in [6.45, 7) is 3.58. The standard InChI is InChI=1S/C18H17Cl2N3OS/c1-24-12-5-6-14-16(11-12)25-18(21-14)23-9-7-22(8-10-23)15-4-2-3-13(19)17(15)20/h2-6,11H,7-10H2,1H3. The van der Waals surface area contributed by atoms with Crippen molar-refractivity contribution >= 4 is 55.6 Å². The van der Waals surface area contributed by atoms with Crippen molar-refractivity contribution in [3.63, 3.8) is 0 Å². The van der Waals surface area contributed by atoms with Crippen LogP contribution in [-0.2, 0) is 0 Å². The van der Waals surface area contributed by atoms with E-state index in [1.807, 2.05) is 36.4 Å². The van der Waals surface area contributed by atoms with Crippen molar-refractivity contribution in [1.82, 2.24) is 4.98 Å². The molecule has 3 aromatic rings. The maximum atomic E-state index is 6.35. The number of methoxy groups -OCH3 is 1. The summed E-state index contributed by atoms with van der Waals surface area (Å²) in [5.41, 5.74) is 2.02. The average Bonchev–Trinajstić information content (AvgIpc) is 3.07. The minimum atomic E-state index is 0.599. The van der Waals surface area contributed by atoms with E-state index in [-0.39, 0.29) is 0 Å². The maximum absolute atomic E-state index is 6.35. The summed E-state index contributed by atoms with van der Waals surface area (Å²) in [5.74, 6) is 0.864. The first kappa shape index (κ1) is 16.8. The molecule has 7 heteroatoms. The van der Waals surface area contributed by atoms with Crippen LogP contribution in [0, 0.1) is 0 Å². The van der Waals surface area contributed by atoms with Crippen molar-refractivity contribution in [2.45, 2.75) is 0 Å². The first-order valence-electron chi connectivity index (χ1n) is 8.04. The van der Waals surface area contributed by atoms with Crippen molar-refractivity contribution in [3.05, 3.63) is 46.4 Å². The van der Waals surface area contributed by atoms with Crippen LogP contribution < -0.4 is 14.5 Å². The number of piperazine rings is 1. The molecule has 0 saturated carbocycles. The van der Waals surface area contributed by atoms with Gasteiger partial charge in [0.05, 0.1) is 33.1 Å². The minimum absolute atomic E-state index is 0.599. The van der Waals surface area contributed by atoms with Crippen molar-refractivity contribution in [2.24, 2.45) is 0 Å². The molecule has 0 unspecified atom stereocenters. The number of anilines is 2. The lowest BCUT2D eigenvalue weighted by molar-refractivity contribution is 0.415. The van der Waals surface area contributed by atoms with E-state index in [4.69, 9.17) is 32.9 Å². The molecule has 0 radical (unpaired) electrons. The van der Waals surface area contributed by atoms with E-state index in [1.54, 1.807) is 18.4 Å². The van der Waals surface area contributed by atoms with Crippen LogP contribution in [0.15, 0.2) is 36.4 Å². The third-order valence-electron chi connectivity index (χ3n) is 4.41. The predicted molar refractivity (Wildman–Crippen MR) is 107 cm³/mol. The highest BCUT2D eigenvalue weighted by Crippen LogP contribution is 2.35. The molecule has 130 valence electrons. The van der Waals surface area contributed by atoms with Crippen molar-refractivity contribution < 1.29 is 4.74 Å². The molecule has 0 atom stereocenters. The number of halogens is 2. The number of benzene rings is 2. The van der Waals surface area contributed by atoms with Crippen LogP contribution in [-0.4, -0.2) is 38.3 Å². The first-order chi connectivity index (χ1) is 12.2. The van der Waals surface area contributed by atoms with Crippen LogP contribution in [0.1, 0.15) is 0 Å². The smallest absolute Gasteiger partial charge is 0.186 e. The first-order valence-corrected chi connectivity index (χ1v) is 9.61. The Morgan fingerprint density at radius 2 is 1.80 bits per heavy atom. The number of thiazole rings is 1. The number of aromatic nitrogens is 1. The molecule has 2 aromatic carbocycles. The fourth-order valence-electron chi connectivity index (χ4n) is 3.03.